The van der Waals surface area contributed by atoms with Gasteiger partial charge in [-0.3, -0.25) is 9.36 Å². The van der Waals surface area contributed by atoms with Crippen molar-refractivity contribution in [2.45, 2.75) is 45.8 Å². The van der Waals surface area contributed by atoms with E-state index >= 15 is 0 Å². The van der Waals surface area contributed by atoms with Gasteiger partial charge >= 0.3 is 5.69 Å². The van der Waals surface area contributed by atoms with E-state index in [2.05, 4.69) is 11.1 Å². The molecule has 0 saturated carbocycles. The maximum atomic E-state index is 12.7. The molecule has 3 heterocycles. The molecular formula is C26H27N3O4. The first-order valence-corrected chi connectivity index (χ1v) is 11.3. The number of ether oxygens (including phenoxy) is 2. The van der Waals surface area contributed by atoms with Crippen molar-refractivity contribution < 1.29 is 14.3 Å². The first kappa shape index (κ1) is 21.4. The largest absolute Gasteiger partial charge is 0.475 e. The number of nitrogens with two attached hydrogens (primary N) is 1. The van der Waals surface area contributed by atoms with Crippen LogP contribution in [0.5, 0.6) is 5.88 Å². The quantitative estimate of drug-likeness (QED) is 0.649. The van der Waals surface area contributed by atoms with Crippen LogP contribution in [0.3, 0.4) is 0 Å². The van der Waals surface area contributed by atoms with Gasteiger partial charge in [-0.15, -0.1) is 0 Å². The number of aromatic nitrogens is 2. The van der Waals surface area contributed by atoms with Gasteiger partial charge in [0.2, 0.25) is 11.8 Å². The zero-order chi connectivity index (χ0) is 23.1. The zero-order valence-electron chi connectivity index (χ0n) is 18.9. The van der Waals surface area contributed by atoms with E-state index in [1.165, 1.54) is 0 Å². The van der Waals surface area contributed by atoms with Crippen molar-refractivity contribution in [2.75, 3.05) is 13.2 Å². The second kappa shape index (κ2) is 8.48. The monoisotopic (exact) mass is 445 g/mol. The Hall–Kier alpha value is -3.45. The lowest BCUT2D eigenvalue weighted by atomic mass is 9.88. The normalized spacial score (nSPS) is 16.8. The van der Waals surface area contributed by atoms with Crippen LogP contribution in [0.4, 0.5) is 0 Å². The fraction of sp³-hybridized carbons (Fsp3) is 0.346. The van der Waals surface area contributed by atoms with Crippen molar-refractivity contribution in [3.63, 3.8) is 0 Å². The van der Waals surface area contributed by atoms with Gasteiger partial charge in [-0.2, -0.15) is 4.98 Å². The number of carbonyl (C=O) groups excluding carboxylic acids is 1. The molecule has 2 N–H and O–H groups in total. The van der Waals surface area contributed by atoms with Gasteiger partial charge in [0.25, 0.3) is 0 Å². The highest BCUT2D eigenvalue weighted by atomic mass is 16.5. The number of benzene rings is 2. The van der Waals surface area contributed by atoms with Crippen molar-refractivity contribution in [1.29, 1.82) is 0 Å². The fourth-order valence-corrected chi connectivity index (χ4v) is 4.95. The molecule has 3 aromatic rings. The summed E-state index contributed by atoms with van der Waals surface area (Å²) in [5.74, 6) is -0.0948. The maximum absolute atomic E-state index is 12.7. The fourth-order valence-electron chi connectivity index (χ4n) is 4.95. The summed E-state index contributed by atoms with van der Waals surface area (Å²) in [7, 11) is 0. The second-order valence-electron chi connectivity index (χ2n) is 8.78. The molecule has 0 radical (unpaired) electrons. The molecule has 2 aliphatic rings. The molecular weight excluding hydrogens is 418 g/mol. The minimum Gasteiger partial charge on any atom is -0.475 e. The molecule has 1 atom stereocenters. The van der Waals surface area contributed by atoms with E-state index in [1.807, 2.05) is 38.1 Å². The molecule has 7 nitrogen and oxygen atoms in total. The van der Waals surface area contributed by atoms with Crippen LogP contribution in [0.15, 0.2) is 41.2 Å². The molecule has 2 aromatic carbocycles. The van der Waals surface area contributed by atoms with Crippen molar-refractivity contribution in [3.05, 3.63) is 69.1 Å². The average Bonchev–Trinajstić information content (AvgIpc) is 3.31. The lowest BCUT2D eigenvalue weighted by Gasteiger charge is -2.23. The standard InChI is InChI=1S/C26H27N3O4/c1-15-5-7-20(25(27)30)16(2)24(15)18-6-8-21-17(12-18)9-10-29-22(21)13-23(28-26(29)31)33-14-19-4-3-11-32-19/h5-8,12-13,19H,3-4,9-11,14H2,1-2H3,(H2,27,30). The van der Waals surface area contributed by atoms with E-state index < -0.39 is 5.91 Å². The van der Waals surface area contributed by atoms with Crippen LogP contribution in [0.1, 0.15) is 39.9 Å². The zero-order valence-corrected chi connectivity index (χ0v) is 18.9. The van der Waals surface area contributed by atoms with Gasteiger partial charge in [-0.1, -0.05) is 24.3 Å². The van der Waals surface area contributed by atoms with Gasteiger partial charge in [0.1, 0.15) is 6.61 Å². The molecule has 0 spiro atoms. The number of fused-ring (bicyclic) bond motifs is 3. The van der Waals surface area contributed by atoms with E-state index in [0.717, 1.165) is 64.9 Å². The van der Waals surface area contributed by atoms with Crippen LogP contribution in [-0.2, 0) is 17.7 Å². The number of hydrogen-bond acceptors (Lipinski definition) is 5. The smallest absolute Gasteiger partial charge is 0.351 e. The molecule has 5 rings (SSSR count). The summed E-state index contributed by atoms with van der Waals surface area (Å²) in [5, 5.41) is 0. The predicted molar refractivity (Wildman–Crippen MR) is 126 cm³/mol. The SMILES string of the molecule is Cc1ccc(C(N)=O)c(C)c1-c1ccc2c(c1)CCn1c-2cc(OCC2CCCO2)nc1=O. The third-order valence-electron chi connectivity index (χ3n) is 6.64. The maximum Gasteiger partial charge on any atom is 0.351 e. The average molecular weight is 446 g/mol. The van der Waals surface area contributed by atoms with Gasteiger partial charge in [0.15, 0.2) is 0 Å². The Labute approximate surface area is 192 Å². The van der Waals surface area contributed by atoms with Gasteiger partial charge in [-0.25, -0.2) is 4.79 Å². The number of primary amides is 1. The lowest BCUT2D eigenvalue weighted by Crippen LogP contribution is -2.29. The Morgan fingerprint density at radius 3 is 2.85 bits per heavy atom. The number of rotatable bonds is 5. The van der Waals surface area contributed by atoms with Crippen LogP contribution in [-0.4, -0.2) is 34.8 Å². The molecule has 0 bridgehead atoms. The lowest BCUT2D eigenvalue weighted by molar-refractivity contribution is 0.0661. The van der Waals surface area contributed by atoms with Gasteiger partial charge in [-0.05, 0) is 67.0 Å². The predicted octanol–water partition coefficient (Wildman–Crippen LogP) is 3.41. The first-order chi connectivity index (χ1) is 15.9. The van der Waals surface area contributed by atoms with Crippen LogP contribution in [0.2, 0.25) is 0 Å². The van der Waals surface area contributed by atoms with Crippen molar-refractivity contribution >= 4 is 5.91 Å². The van der Waals surface area contributed by atoms with Crippen LogP contribution < -0.4 is 16.2 Å². The summed E-state index contributed by atoms with van der Waals surface area (Å²) < 4.78 is 13.1. The second-order valence-corrected chi connectivity index (χ2v) is 8.78. The Balaban J connectivity index is 1.52. The van der Waals surface area contributed by atoms with Crippen LogP contribution in [0.25, 0.3) is 22.4 Å². The van der Waals surface area contributed by atoms with E-state index in [0.29, 0.717) is 24.6 Å². The van der Waals surface area contributed by atoms with E-state index in [9.17, 15) is 9.59 Å². The molecule has 0 aliphatic carbocycles. The number of amides is 1. The Morgan fingerprint density at radius 1 is 1.24 bits per heavy atom. The topological polar surface area (TPSA) is 96.4 Å². The number of hydrogen-bond donors (Lipinski definition) is 1. The van der Waals surface area contributed by atoms with Crippen LogP contribution in [0, 0.1) is 13.8 Å². The molecule has 2 aliphatic heterocycles. The van der Waals surface area contributed by atoms with Gasteiger partial charge in [0, 0.05) is 30.3 Å². The van der Waals surface area contributed by atoms with Crippen molar-refractivity contribution in [1.82, 2.24) is 9.55 Å². The Kier molecular flexibility index (Phi) is 5.50. The molecule has 1 unspecified atom stereocenters. The molecule has 1 fully saturated rings. The summed E-state index contributed by atoms with van der Waals surface area (Å²) in [6.45, 7) is 5.68. The summed E-state index contributed by atoms with van der Waals surface area (Å²) in [4.78, 5) is 28.6. The molecule has 7 heteroatoms. The number of aryl methyl sites for hydroxylation is 2. The van der Waals surface area contributed by atoms with Gasteiger partial charge in [0.05, 0.1) is 11.8 Å². The Bertz CT molecular complexity index is 1310. The molecule has 1 aromatic heterocycles. The highest BCUT2D eigenvalue weighted by molar-refractivity contribution is 5.97. The minimum absolute atomic E-state index is 0.0584. The molecule has 1 amide bonds. The minimum atomic E-state index is -0.428. The van der Waals surface area contributed by atoms with E-state index in [4.69, 9.17) is 15.2 Å². The summed E-state index contributed by atoms with van der Waals surface area (Å²) in [6, 6.07) is 11.8. The molecule has 1 saturated heterocycles. The molecule has 170 valence electrons. The summed E-state index contributed by atoms with van der Waals surface area (Å²) in [6.07, 6.45) is 2.78. The van der Waals surface area contributed by atoms with Crippen molar-refractivity contribution in [3.8, 4) is 28.3 Å². The summed E-state index contributed by atoms with van der Waals surface area (Å²) >= 11 is 0. The number of nitrogens with zero attached hydrogens (tertiary/aromatic N) is 2. The third-order valence-corrected chi connectivity index (χ3v) is 6.64. The van der Waals surface area contributed by atoms with E-state index in [1.54, 1.807) is 10.6 Å². The highest BCUT2D eigenvalue weighted by Gasteiger charge is 2.22. The van der Waals surface area contributed by atoms with Crippen molar-refractivity contribution in [2.24, 2.45) is 5.73 Å². The first-order valence-electron chi connectivity index (χ1n) is 11.3. The third kappa shape index (κ3) is 3.93. The molecule has 33 heavy (non-hydrogen) atoms. The highest BCUT2D eigenvalue weighted by Crippen LogP contribution is 2.36. The Morgan fingerprint density at radius 2 is 2.09 bits per heavy atom. The van der Waals surface area contributed by atoms with Gasteiger partial charge < -0.3 is 15.2 Å². The number of carbonyl (C=O) groups is 1. The summed E-state index contributed by atoms with van der Waals surface area (Å²) in [5.41, 5.74) is 12.8. The van der Waals surface area contributed by atoms with Crippen LogP contribution >= 0.6 is 0 Å². The van der Waals surface area contributed by atoms with E-state index in [-0.39, 0.29) is 11.8 Å².